The summed E-state index contributed by atoms with van der Waals surface area (Å²) >= 11 is 6.44. The van der Waals surface area contributed by atoms with Gasteiger partial charge in [-0.15, -0.1) is 0 Å². The van der Waals surface area contributed by atoms with Crippen LogP contribution in [-0.2, 0) is 5.60 Å². The number of carbonyl (C=O) groups is 1. The molecule has 1 aromatic carbocycles. The lowest BCUT2D eigenvalue weighted by molar-refractivity contribution is 0.0687. The van der Waals surface area contributed by atoms with Crippen LogP contribution in [0.4, 0.5) is 10.1 Å². The van der Waals surface area contributed by atoms with E-state index in [1.165, 1.54) is 24.7 Å². The molecular weight excluding hydrogens is 459 g/mol. The molecule has 0 spiro atoms. The van der Waals surface area contributed by atoms with Crippen LogP contribution >= 0.6 is 11.6 Å². The summed E-state index contributed by atoms with van der Waals surface area (Å²) in [4.78, 5) is 28.5. The number of carbonyl (C=O) groups excluding carboxylic acids is 1. The molecule has 174 valence electrons. The summed E-state index contributed by atoms with van der Waals surface area (Å²) in [7, 11) is 0. The van der Waals surface area contributed by atoms with Gasteiger partial charge in [-0.25, -0.2) is 19.3 Å². The van der Waals surface area contributed by atoms with E-state index in [4.69, 9.17) is 17.3 Å². The molecule has 1 atom stereocenters. The Morgan fingerprint density at radius 2 is 1.88 bits per heavy atom. The second-order valence-electron chi connectivity index (χ2n) is 8.38. The number of hydrogen-bond donors (Lipinski definition) is 3. The van der Waals surface area contributed by atoms with E-state index in [0.29, 0.717) is 32.9 Å². The van der Waals surface area contributed by atoms with Crippen LogP contribution in [-0.4, -0.2) is 30.9 Å². The van der Waals surface area contributed by atoms with Gasteiger partial charge in [-0.3, -0.25) is 9.78 Å². The van der Waals surface area contributed by atoms with Crippen LogP contribution in [0.1, 0.15) is 48.6 Å². The smallest absolute Gasteiger partial charge is 0.248 e. The van der Waals surface area contributed by atoms with Gasteiger partial charge in [0.15, 0.2) is 11.6 Å². The minimum Gasteiger partial charge on any atom is -0.382 e. The lowest BCUT2D eigenvalue weighted by Gasteiger charge is -2.19. The Hall–Kier alpha value is -3.69. The van der Waals surface area contributed by atoms with Gasteiger partial charge in [0.1, 0.15) is 16.8 Å². The monoisotopic (exact) mass is 480 g/mol. The molecule has 3 heterocycles. The highest BCUT2D eigenvalue weighted by molar-refractivity contribution is 6.34. The Bertz CT molecular complexity index is 1390. The SMILES string of the molecule is CC(Nc1c(Cl)cnc2cc(F)c(-c3cnc(C(C)(C)O)nc3)nc12)c1cccc(C(N)=O)c1. The Balaban J connectivity index is 1.76. The van der Waals surface area contributed by atoms with Gasteiger partial charge in [0.25, 0.3) is 0 Å². The van der Waals surface area contributed by atoms with Gasteiger partial charge in [0.2, 0.25) is 5.91 Å². The van der Waals surface area contributed by atoms with Crippen LogP contribution in [0.5, 0.6) is 0 Å². The second kappa shape index (κ2) is 8.92. The fourth-order valence-electron chi connectivity index (χ4n) is 3.43. The highest BCUT2D eigenvalue weighted by Crippen LogP contribution is 2.34. The second-order valence-corrected chi connectivity index (χ2v) is 8.78. The predicted octanol–water partition coefficient (Wildman–Crippen LogP) is 4.38. The number of nitrogens with one attached hydrogen (secondary N) is 1. The van der Waals surface area contributed by atoms with E-state index in [1.54, 1.807) is 32.0 Å². The lowest BCUT2D eigenvalue weighted by Crippen LogP contribution is -2.19. The molecule has 4 aromatic rings. The molecule has 1 unspecified atom stereocenters. The molecule has 0 radical (unpaired) electrons. The zero-order chi connectivity index (χ0) is 24.6. The number of benzene rings is 1. The van der Waals surface area contributed by atoms with Crippen LogP contribution in [0.2, 0.25) is 5.02 Å². The van der Waals surface area contributed by atoms with Crippen LogP contribution in [0, 0.1) is 5.82 Å². The zero-order valence-corrected chi connectivity index (χ0v) is 19.4. The Labute approximate surface area is 200 Å². The van der Waals surface area contributed by atoms with Gasteiger partial charge in [-0.2, -0.15) is 0 Å². The van der Waals surface area contributed by atoms with E-state index >= 15 is 0 Å². The summed E-state index contributed by atoms with van der Waals surface area (Å²) in [5, 5.41) is 13.7. The quantitative estimate of drug-likeness (QED) is 0.373. The number of primary amides is 1. The normalized spacial score (nSPS) is 12.5. The first kappa shape index (κ1) is 23.5. The third-order valence-corrected chi connectivity index (χ3v) is 5.54. The highest BCUT2D eigenvalue weighted by atomic mass is 35.5. The van der Waals surface area contributed by atoms with Crippen molar-refractivity contribution >= 4 is 34.2 Å². The number of rotatable bonds is 6. The van der Waals surface area contributed by atoms with E-state index in [0.717, 1.165) is 5.56 Å². The highest BCUT2D eigenvalue weighted by Gasteiger charge is 2.21. The number of amides is 1. The maximum absolute atomic E-state index is 14.9. The standard InChI is InChI=1S/C24H22ClFN6O2/c1-12(13-5-4-6-14(7-13)22(27)33)31-20-16(25)11-28-18-8-17(26)19(32-21(18)20)15-9-29-23(30-10-15)24(2,3)34/h4-12,34H,1-3H3,(H2,27,33)(H,28,31). The molecule has 3 aromatic heterocycles. The van der Waals surface area contributed by atoms with Crippen LogP contribution in [0.3, 0.4) is 0 Å². The molecular formula is C24H22ClFN6O2. The van der Waals surface area contributed by atoms with Crippen molar-refractivity contribution in [1.82, 2.24) is 19.9 Å². The molecule has 10 heteroatoms. The number of aliphatic hydroxyl groups is 1. The number of anilines is 1. The number of nitrogens with two attached hydrogens (primary N) is 1. The number of aromatic nitrogens is 4. The molecule has 0 aliphatic rings. The van der Waals surface area contributed by atoms with Crippen molar-refractivity contribution in [3.63, 3.8) is 0 Å². The van der Waals surface area contributed by atoms with Gasteiger partial charge < -0.3 is 16.2 Å². The van der Waals surface area contributed by atoms with Crippen molar-refractivity contribution in [1.29, 1.82) is 0 Å². The molecule has 0 bridgehead atoms. The number of halogens is 2. The number of nitrogens with zero attached hydrogens (tertiary/aromatic N) is 4. The summed E-state index contributed by atoms with van der Waals surface area (Å²) in [5.41, 5.74) is 6.82. The number of fused-ring (bicyclic) bond motifs is 1. The topological polar surface area (TPSA) is 127 Å². The molecule has 0 fully saturated rings. The average Bonchev–Trinajstić information content (AvgIpc) is 2.80. The first-order chi connectivity index (χ1) is 16.0. The number of hydrogen-bond acceptors (Lipinski definition) is 7. The van der Waals surface area contributed by atoms with Crippen LogP contribution in [0.15, 0.2) is 48.9 Å². The maximum atomic E-state index is 14.9. The first-order valence-electron chi connectivity index (χ1n) is 10.4. The zero-order valence-electron chi connectivity index (χ0n) is 18.7. The lowest BCUT2D eigenvalue weighted by atomic mass is 10.0. The third-order valence-electron chi connectivity index (χ3n) is 5.25. The van der Waals surface area contributed by atoms with Crippen LogP contribution < -0.4 is 11.1 Å². The molecule has 0 saturated heterocycles. The summed E-state index contributed by atoms with van der Waals surface area (Å²) in [6.07, 6.45) is 4.22. The Morgan fingerprint density at radius 1 is 1.18 bits per heavy atom. The molecule has 0 aliphatic heterocycles. The minimum atomic E-state index is -1.23. The molecule has 8 nitrogen and oxygen atoms in total. The fourth-order valence-corrected chi connectivity index (χ4v) is 3.63. The predicted molar refractivity (Wildman–Crippen MR) is 128 cm³/mol. The third kappa shape index (κ3) is 4.66. The van der Waals surface area contributed by atoms with E-state index in [9.17, 15) is 14.3 Å². The van der Waals surface area contributed by atoms with Crippen molar-refractivity contribution in [3.8, 4) is 11.3 Å². The first-order valence-corrected chi connectivity index (χ1v) is 10.8. The minimum absolute atomic E-state index is 0.0188. The van der Waals surface area contributed by atoms with Crippen molar-refractivity contribution in [2.45, 2.75) is 32.4 Å². The van der Waals surface area contributed by atoms with Gasteiger partial charge in [0.05, 0.1) is 16.2 Å². The van der Waals surface area contributed by atoms with Crippen LogP contribution in [0.25, 0.3) is 22.3 Å². The molecule has 34 heavy (non-hydrogen) atoms. The maximum Gasteiger partial charge on any atom is 0.248 e. The van der Waals surface area contributed by atoms with E-state index in [-0.39, 0.29) is 17.6 Å². The summed E-state index contributed by atoms with van der Waals surface area (Å²) < 4.78 is 14.9. The number of pyridine rings is 2. The summed E-state index contributed by atoms with van der Waals surface area (Å²) in [6, 6.07) is 7.89. The van der Waals surface area contributed by atoms with E-state index < -0.39 is 17.3 Å². The van der Waals surface area contributed by atoms with Crippen molar-refractivity contribution in [2.24, 2.45) is 5.73 Å². The van der Waals surface area contributed by atoms with Gasteiger partial charge in [0, 0.05) is 41.8 Å². The fraction of sp³-hybridized carbons (Fsp3) is 0.208. The van der Waals surface area contributed by atoms with Gasteiger partial charge >= 0.3 is 0 Å². The molecule has 0 aliphatic carbocycles. The molecule has 0 saturated carbocycles. The van der Waals surface area contributed by atoms with Crippen molar-refractivity contribution in [2.75, 3.05) is 5.32 Å². The van der Waals surface area contributed by atoms with Crippen molar-refractivity contribution in [3.05, 3.63) is 76.7 Å². The summed E-state index contributed by atoms with van der Waals surface area (Å²) in [5.74, 6) is -0.923. The van der Waals surface area contributed by atoms with E-state index in [2.05, 4.69) is 25.3 Å². The Morgan fingerprint density at radius 3 is 2.53 bits per heavy atom. The molecule has 1 amide bonds. The van der Waals surface area contributed by atoms with E-state index in [1.807, 2.05) is 13.0 Å². The van der Waals surface area contributed by atoms with Gasteiger partial charge in [-0.05, 0) is 38.5 Å². The Kier molecular flexibility index (Phi) is 6.16. The average molecular weight is 481 g/mol. The summed E-state index contributed by atoms with van der Waals surface area (Å²) in [6.45, 7) is 5.00. The van der Waals surface area contributed by atoms with Gasteiger partial charge in [-0.1, -0.05) is 23.7 Å². The molecule has 4 N–H and O–H groups in total. The molecule has 4 rings (SSSR count). The van der Waals surface area contributed by atoms with Crippen molar-refractivity contribution < 1.29 is 14.3 Å². The largest absolute Gasteiger partial charge is 0.382 e.